The lowest BCUT2D eigenvalue weighted by molar-refractivity contribution is -0.245. The molecule has 1 fully saturated rings. The predicted octanol–water partition coefficient (Wildman–Crippen LogP) is 6.70. The zero-order chi connectivity index (χ0) is 30.9. The second-order valence-corrected chi connectivity index (χ2v) is 11.6. The first-order chi connectivity index (χ1) is 21.4. The summed E-state index contributed by atoms with van der Waals surface area (Å²) in [7, 11) is 0. The number of ether oxygens (including phenoxy) is 2. The summed E-state index contributed by atoms with van der Waals surface area (Å²) in [5, 5.41) is 24.4. The summed E-state index contributed by atoms with van der Waals surface area (Å²) in [6.07, 6.45) is -0.266. The number of benzene rings is 4. The first-order valence-corrected chi connectivity index (χ1v) is 15.6. The van der Waals surface area contributed by atoms with Gasteiger partial charge < -0.3 is 30.3 Å². The van der Waals surface area contributed by atoms with Gasteiger partial charge in [-0.2, -0.15) is 0 Å². The summed E-state index contributed by atoms with van der Waals surface area (Å²) in [5.41, 5.74) is 6.07. The number of carbonyl (C=O) groups excluding carboxylic acids is 1. The molecule has 0 bridgehead atoms. The van der Waals surface area contributed by atoms with Crippen molar-refractivity contribution in [3.63, 3.8) is 0 Å². The Bertz CT molecular complexity index is 1540. The van der Waals surface area contributed by atoms with Crippen LogP contribution in [-0.2, 0) is 22.6 Å². The van der Waals surface area contributed by atoms with Gasteiger partial charge in [0.05, 0.1) is 24.4 Å². The smallest absolute Gasteiger partial charge is 0.335 e. The minimum Gasteiger partial charge on any atom is -0.478 e. The van der Waals surface area contributed by atoms with Crippen LogP contribution in [0.3, 0.4) is 0 Å². The quantitative estimate of drug-likeness (QED) is 0.139. The highest BCUT2D eigenvalue weighted by Gasteiger charge is 2.32. The molecular weight excluding hydrogens is 576 g/mol. The molecule has 44 heavy (non-hydrogen) atoms. The van der Waals surface area contributed by atoms with Gasteiger partial charge in [-0.15, -0.1) is 11.8 Å². The Morgan fingerprint density at radius 3 is 2.25 bits per heavy atom. The van der Waals surface area contributed by atoms with Crippen LogP contribution in [0.25, 0.3) is 11.1 Å². The van der Waals surface area contributed by atoms with Gasteiger partial charge in [-0.25, -0.2) is 9.59 Å². The van der Waals surface area contributed by atoms with Gasteiger partial charge in [-0.1, -0.05) is 72.8 Å². The van der Waals surface area contributed by atoms with E-state index >= 15 is 0 Å². The summed E-state index contributed by atoms with van der Waals surface area (Å²) in [5.74, 6) is -0.278. The van der Waals surface area contributed by atoms with Crippen molar-refractivity contribution >= 4 is 23.8 Å². The van der Waals surface area contributed by atoms with Gasteiger partial charge in [0, 0.05) is 35.7 Å². The minimum absolute atomic E-state index is 0.0189. The van der Waals surface area contributed by atoms with Crippen LogP contribution in [0.5, 0.6) is 0 Å². The van der Waals surface area contributed by atoms with Crippen LogP contribution in [0.2, 0.25) is 0 Å². The van der Waals surface area contributed by atoms with Crippen molar-refractivity contribution in [3.05, 3.63) is 125 Å². The van der Waals surface area contributed by atoms with E-state index < -0.39 is 12.3 Å². The third-order valence-corrected chi connectivity index (χ3v) is 8.58. The number of aliphatic hydroxyl groups is 1. The Balaban J connectivity index is 1.33. The molecule has 4 aromatic carbocycles. The Morgan fingerprint density at radius 1 is 0.864 bits per heavy atom. The summed E-state index contributed by atoms with van der Waals surface area (Å²) in [4.78, 5) is 24.1. The first kappa shape index (κ1) is 31.3. The van der Waals surface area contributed by atoms with Gasteiger partial charge in [0.2, 0.25) is 0 Å². The normalized spacial score (nSPS) is 18.0. The molecule has 0 aliphatic carbocycles. The molecule has 228 valence electrons. The number of carboxylic acid groups (broad SMARTS) is 1. The van der Waals surface area contributed by atoms with Crippen molar-refractivity contribution in [2.24, 2.45) is 0 Å². The van der Waals surface area contributed by atoms with Crippen molar-refractivity contribution in [1.82, 2.24) is 10.6 Å². The molecule has 0 aromatic heterocycles. The molecule has 1 aliphatic heterocycles. The number of nitrogens with one attached hydrogen (secondary N) is 2. The molecule has 4 N–H and O–H groups in total. The zero-order valence-corrected chi connectivity index (χ0v) is 25.3. The number of carboxylic acids is 1. The lowest BCUT2D eigenvalue weighted by Crippen LogP contribution is -2.34. The zero-order valence-electron chi connectivity index (χ0n) is 24.4. The van der Waals surface area contributed by atoms with E-state index in [9.17, 15) is 19.8 Å². The molecule has 4 aromatic rings. The lowest BCUT2D eigenvalue weighted by atomic mass is 9.98. The average molecular weight is 613 g/mol. The SMILES string of the molecule is CCNC(=O)NCc1ccccc1-c1ccc([C@@H]2O[C@H](CSc3ccc(C(=O)O)cc3)C[C@H](c3ccc(CO)cc3)O2)cc1. The number of carbonyl (C=O) groups is 2. The van der Waals surface area contributed by atoms with Crippen LogP contribution < -0.4 is 10.6 Å². The van der Waals surface area contributed by atoms with E-state index in [1.165, 1.54) is 0 Å². The van der Waals surface area contributed by atoms with Gasteiger partial charge in [-0.3, -0.25) is 0 Å². The molecule has 5 rings (SSSR count). The van der Waals surface area contributed by atoms with E-state index in [1.807, 2.05) is 91.9 Å². The molecule has 3 atom stereocenters. The van der Waals surface area contributed by atoms with E-state index in [-0.39, 0.29) is 30.4 Å². The number of rotatable bonds is 11. The van der Waals surface area contributed by atoms with E-state index in [0.29, 0.717) is 25.3 Å². The third-order valence-electron chi connectivity index (χ3n) is 7.44. The molecule has 9 heteroatoms. The molecule has 1 saturated heterocycles. The van der Waals surface area contributed by atoms with Crippen LogP contribution in [-0.4, -0.2) is 40.6 Å². The second-order valence-electron chi connectivity index (χ2n) is 10.5. The Labute approximate surface area is 261 Å². The maximum absolute atomic E-state index is 12.0. The maximum atomic E-state index is 12.0. The molecule has 0 spiro atoms. The number of thioether (sulfide) groups is 1. The summed E-state index contributed by atoms with van der Waals surface area (Å²) < 4.78 is 13.0. The maximum Gasteiger partial charge on any atom is 0.335 e. The molecule has 8 nitrogen and oxygen atoms in total. The van der Waals surface area contributed by atoms with Crippen molar-refractivity contribution in [3.8, 4) is 11.1 Å². The molecule has 2 amide bonds. The monoisotopic (exact) mass is 612 g/mol. The van der Waals surface area contributed by atoms with Gasteiger partial charge in [-0.05, 0) is 59.0 Å². The molecule has 0 saturated carbocycles. The Kier molecular flexibility index (Phi) is 10.7. The van der Waals surface area contributed by atoms with E-state index in [2.05, 4.69) is 10.6 Å². The number of aromatic carboxylic acids is 1. The summed E-state index contributed by atoms with van der Waals surface area (Å²) in [6.45, 7) is 2.84. The van der Waals surface area contributed by atoms with E-state index in [0.717, 1.165) is 38.3 Å². The highest BCUT2D eigenvalue weighted by molar-refractivity contribution is 7.99. The van der Waals surface area contributed by atoms with Crippen LogP contribution in [0.4, 0.5) is 4.79 Å². The van der Waals surface area contributed by atoms with Gasteiger partial charge in [0.15, 0.2) is 6.29 Å². The molecule has 1 aliphatic rings. The van der Waals surface area contributed by atoms with E-state index in [1.54, 1.807) is 23.9 Å². The number of amides is 2. The summed E-state index contributed by atoms with van der Waals surface area (Å²) in [6, 6.07) is 30.6. The van der Waals surface area contributed by atoms with Crippen molar-refractivity contribution in [2.45, 2.75) is 49.9 Å². The number of urea groups is 1. The molecule has 0 unspecified atom stereocenters. The highest BCUT2D eigenvalue weighted by Crippen LogP contribution is 2.40. The Hall–Kier alpha value is -4.15. The topological polar surface area (TPSA) is 117 Å². The van der Waals surface area contributed by atoms with Crippen molar-refractivity contribution in [2.75, 3.05) is 12.3 Å². The van der Waals surface area contributed by atoms with E-state index in [4.69, 9.17) is 9.47 Å². The number of aliphatic hydroxyl groups excluding tert-OH is 1. The standard InChI is InChI=1S/C35H36N2O6S/c1-2-36-35(41)37-20-28-5-3-4-6-31(28)24-11-13-27(14-12-24)34-42-29(22-44-30-17-15-26(16-18-30)33(39)40)19-32(43-34)25-9-7-23(21-38)8-10-25/h3-18,29,32,34,38H,2,19-22H2,1H3,(H,39,40)(H2,36,37,41)/t29-,32+,34+/m0/s1. The van der Waals surface area contributed by atoms with Crippen molar-refractivity contribution in [1.29, 1.82) is 0 Å². The van der Waals surface area contributed by atoms with Crippen molar-refractivity contribution < 1.29 is 29.3 Å². The fraction of sp³-hybridized carbons (Fsp3) is 0.257. The van der Waals surface area contributed by atoms with Gasteiger partial charge in [0.1, 0.15) is 0 Å². The number of hydrogen-bond acceptors (Lipinski definition) is 6. The van der Waals surface area contributed by atoms with Gasteiger partial charge in [0.25, 0.3) is 0 Å². The fourth-order valence-electron chi connectivity index (χ4n) is 5.08. The third kappa shape index (κ3) is 8.06. The van der Waals surface area contributed by atoms with Crippen LogP contribution in [0.15, 0.2) is 102 Å². The Morgan fingerprint density at radius 2 is 1.57 bits per heavy atom. The predicted molar refractivity (Wildman–Crippen MR) is 170 cm³/mol. The lowest BCUT2D eigenvalue weighted by Gasteiger charge is -2.36. The minimum atomic E-state index is -0.947. The molecular formula is C35H36N2O6S. The van der Waals surface area contributed by atoms with Gasteiger partial charge >= 0.3 is 12.0 Å². The molecule has 1 heterocycles. The number of hydrogen-bond donors (Lipinski definition) is 4. The van der Waals surface area contributed by atoms with Crippen LogP contribution in [0, 0.1) is 0 Å². The average Bonchev–Trinajstić information content (AvgIpc) is 3.07. The molecule has 0 radical (unpaired) electrons. The highest BCUT2D eigenvalue weighted by atomic mass is 32.2. The summed E-state index contributed by atoms with van der Waals surface area (Å²) >= 11 is 1.62. The fourth-order valence-corrected chi connectivity index (χ4v) is 6.00. The largest absolute Gasteiger partial charge is 0.478 e. The van der Waals surface area contributed by atoms with Crippen LogP contribution >= 0.6 is 11.8 Å². The second kappa shape index (κ2) is 15.0. The first-order valence-electron chi connectivity index (χ1n) is 14.6. The van der Waals surface area contributed by atoms with Crippen LogP contribution in [0.1, 0.15) is 58.4 Å².